The second-order valence-corrected chi connectivity index (χ2v) is 8.48. The largest absolute Gasteiger partial charge is 0.465 e. The fourth-order valence-electron chi connectivity index (χ4n) is 2.95. The van der Waals surface area contributed by atoms with Crippen LogP contribution in [-0.4, -0.2) is 40.6 Å². The van der Waals surface area contributed by atoms with Gasteiger partial charge in [0.15, 0.2) is 0 Å². The number of esters is 2. The van der Waals surface area contributed by atoms with Crippen LogP contribution < -0.4 is 15.4 Å². The molecule has 0 unspecified atom stereocenters. The summed E-state index contributed by atoms with van der Waals surface area (Å²) in [4.78, 5) is 35.8. The molecule has 2 amide bonds. The molecular formula is C23H21N3O7S. The smallest absolute Gasteiger partial charge is 0.339 e. The number of nitrogens with one attached hydrogen (secondary N) is 3. The van der Waals surface area contributed by atoms with E-state index in [4.69, 9.17) is 0 Å². The number of amides is 2. The van der Waals surface area contributed by atoms with Gasteiger partial charge in [0, 0.05) is 11.4 Å². The van der Waals surface area contributed by atoms with Crippen LogP contribution in [0.15, 0.2) is 77.7 Å². The summed E-state index contributed by atoms with van der Waals surface area (Å²) in [6.45, 7) is 0. The third kappa shape index (κ3) is 5.90. The third-order valence-electron chi connectivity index (χ3n) is 4.50. The average Bonchev–Trinajstić information content (AvgIpc) is 2.83. The molecular weight excluding hydrogens is 462 g/mol. The molecule has 10 nitrogen and oxygen atoms in total. The zero-order chi connectivity index (χ0) is 24.7. The number of carbonyl (C=O) groups excluding carboxylic acids is 3. The van der Waals surface area contributed by atoms with Crippen molar-refractivity contribution in [2.45, 2.75) is 4.90 Å². The van der Waals surface area contributed by atoms with Gasteiger partial charge in [0.25, 0.3) is 10.0 Å². The van der Waals surface area contributed by atoms with Crippen molar-refractivity contribution < 1.29 is 32.3 Å². The van der Waals surface area contributed by atoms with E-state index in [9.17, 15) is 22.8 Å². The summed E-state index contributed by atoms with van der Waals surface area (Å²) in [6, 6.07) is 17.6. The van der Waals surface area contributed by atoms with Crippen molar-refractivity contribution in [3.8, 4) is 0 Å². The molecule has 0 atom stereocenters. The van der Waals surface area contributed by atoms with Gasteiger partial charge in [-0.2, -0.15) is 0 Å². The third-order valence-corrected chi connectivity index (χ3v) is 5.92. The van der Waals surface area contributed by atoms with E-state index >= 15 is 0 Å². The lowest BCUT2D eigenvalue weighted by molar-refractivity contribution is 0.0583. The zero-order valence-corrected chi connectivity index (χ0v) is 19.0. The Morgan fingerprint density at radius 3 is 2.00 bits per heavy atom. The topological polar surface area (TPSA) is 140 Å². The van der Waals surface area contributed by atoms with E-state index in [2.05, 4.69) is 24.8 Å². The number of anilines is 3. The van der Waals surface area contributed by atoms with Crippen LogP contribution in [0.2, 0.25) is 0 Å². The van der Waals surface area contributed by atoms with Gasteiger partial charge in [-0.1, -0.05) is 24.3 Å². The highest BCUT2D eigenvalue weighted by molar-refractivity contribution is 7.92. The predicted molar refractivity (Wildman–Crippen MR) is 125 cm³/mol. The van der Waals surface area contributed by atoms with Crippen molar-refractivity contribution in [2.75, 3.05) is 29.6 Å². The molecule has 0 saturated carbocycles. The van der Waals surface area contributed by atoms with E-state index in [0.717, 1.165) is 20.3 Å². The van der Waals surface area contributed by atoms with Gasteiger partial charge >= 0.3 is 18.0 Å². The number of ether oxygens (including phenoxy) is 2. The maximum Gasteiger partial charge on any atom is 0.339 e. The highest BCUT2D eigenvalue weighted by Gasteiger charge is 2.25. The maximum absolute atomic E-state index is 13.1. The molecule has 0 radical (unpaired) electrons. The second-order valence-electron chi connectivity index (χ2n) is 6.83. The van der Waals surface area contributed by atoms with Crippen LogP contribution in [0.5, 0.6) is 0 Å². The first-order valence-electron chi connectivity index (χ1n) is 9.80. The molecule has 3 rings (SSSR count). The SMILES string of the molecule is COC(=O)c1ccc(C(=O)OC)c(S(=O)(=O)Nc2cccc(NC(=O)Nc3ccccc3)c2)c1. The Morgan fingerprint density at radius 2 is 1.32 bits per heavy atom. The summed E-state index contributed by atoms with van der Waals surface area (Å²) in [5.74, 6) is -1.67. The van der Waals surface area contributed by atoms with E-state index in [1.54, 1.807) is 30.3 Å². The van der Waals surface area contributed by atoms with Crippen molar-refractivity contribution in [1.29, 1.82) is 0 Å². The molecule has 0 aliphatic rings. The molecule has 0 bridgehead atoms. The molecule has 0 fully saturated rings. The highest BCUT2D eigenvalue weighted by atomic mass is 32.2. The van der Waals surface area contributed by atoms with Crippen LogP contribution in [0, 0.1) is 0 Å². The Hall–Kier alpha value is -4.38. The van der Waals surface area contributed by atoms with E-state index in [1.807, 2.05) is 6.07 Å². The molecule has 3 aromatic carbocycles. The van der Waals surface area contributed by atoms with Crippen molar-refractivity contribution in [3.05, 3.63) is 83.9 Å². The van der Waals surface area contributed by atoms with E-state index in [0.29, 0.717) is 11.4 Å². The number of hydrogen-bond acceptors (Lipinski definition) is 7. The minimum Gasteiger partial charge on any atom is -0.465 e. The van der Waals surface area contributed by atoms with Crippen molar-refractivity contribution in [2.24, 2.45) is 0 Å². The monoisotopic (exact) mass is 483 g/mol. The molecule has 34 heavy (non-hydrogen) atoms. The van der Waals surface area contributed by atoms with Gasteiger partial charge in [0.2, 0.25) is 0 Å². The van der Waals surface area contributed by atoms with Gasteiger partial charge in [0.05, 0.1) is 31.0 Å². The predicted octanol–water partition coefficient (Wildman–Crippen LogP) is 3.70. The molecule has 11 heteroatoms. The number of hydrogen-bond donors (Lipinski definition) is 3. The van der Waals surface area contributed by atoms with Gasteiger partial charge in [-0.15, -0.1) is 0 Å². The number of rotatable bonds is 7. The summed E-state index contributed by atoms with van der Waals surface area (Å²) in [7, 11) is -2.09. The first kappa shape index (κ1) is 24.3. The number of carbonyl (C=O) groups is 3. The summed E-state index contributed by atoms with van der Waals surface area (Å²) in [6.07, 6.45) is 0. The zero-order valence-electron chi connectivity index (χ0n) is 18.2. The number of methoxy groups -OCH3 is 2. The van der Waals surface area contributed by atoms with Crippen molar-refractivity contribution >= 4 is 45.1 Å². The lowest BCUT2D eigenvalue weighted by atomic mass is 10.1. The average molecular weight is 484 g/mol. The molecule has 0 saturated heterocycles. The molecule has 0 aliphatic carbocycles. The van der Waals surface area contributed by atoms with Crippen LogP contribution >= 0.6 is 0 Å². The van der Waals surface area contributed by atoms with Crippen LogP contribution in [-0.2, 0) is 19.5 Å². The highest BCUT2D eigenvalue weighted by Crippen LogP contribution is 2.24. The van der Waals surface area contributed by atoms with Crippen molar-refractivity contribution in [3.63, 3.8) is 0 Å². The van der Waals surface area contributed by atoms with Gasteiger partial charge in [-0.05, 0) is 48.5 Å². The Bertz CT molecular complexity index is 1330. The first-order chi connectivity index (χ1) is 16.2. The number of para-hydroxylation sites is 1. The molecule has 0 spiro atoms. The summed E-state index contributed by atoms with van der Waals surface area (Å²) < 4.78 is 37.8. The van der Waals surface area contributed by atoms with Crippen LogP contribution in [0.3, 0.4) is 0 Å². The Balaban J connectivity index is 1.85. The van der Waals surface area contributed by atoms with E-state index in [-0.39, 0.29) is 16.8 Å². The Labute approximate surface area is 195 Å². The quantitative estimate of drug-likeness (QED) is 0.435. The molecule has 176 valence electrons. The normalized spacial score (nSPS) is 10.6. The number of benzene rings is 3. The summed E-state index contributed by atoms with van der Waals surface area (Å²) in [5.41, 5.74) is 0.669. The molecule has 0 heterocycles. The van der Waals surface area contributed by atoms with Gasteiger partial charge in [-0.25, -0.2) is 22.8 Å². The van der Waals surface area contributed by atoms with Gasteiger partial charge in [-0.3, -0.25) is 4.72 Å². The summed E-state index contributed by atoms with van der Waals surface area (Å²) in [5, 5.41) is 5.26. The number of urea groups is 1. The fraction of sp³-hybridized carbons (Fsp3) is 0.0870. The Morgan fingerprint density at radius 1 is 0.706 bits per heavy atom. The lowest BCUT2D eigenvalue weighted by Gasteiger charge is -2.14. The lowest BCUT2D eigenvalue weighted by Crippen LogP contribution is -2.20. The van der Waals surface area contributed by atoms with E-state index < -0.39 is 32.9 Å². The molecule has 0 aliphatic heterocycles. The van der Waals surface area contributed by atoms with Gasteiger partial charge in [0.1, 0.15) is 4.90 Å². The van der Waals surface area contributed by atoms with Crippen molar-refractivity contribution in [1.82, 2.24) is 0 Å². The van der Waals surface area contributed by atoms with Crippen LogP contribution in [0.4, 0.5) is 21.9 Å². The number of sulfonamides is 1. The first-order valence-corrected chi connectivity index (χ1v) is 11.3. The second kappa shape index (κ2) is 10.5. The van der Waals surface area contributed by atoms with Gasteiger partial charge < -0.3 is 20.1 Å². The summed E-state index contributed by atoms with van der Waals surface area (Å²) >= 11 is 0. The van der Waals surface area contributed by atoms with E-state index in [1.165, 1.54) is 30.3 Å². The molecule has 3 N–H and O–H groups in total. The maximum atomic E-state index is 13.1. The molecule has 3 aromatic rings. The minimum atomic E-state index is -4.34. The molecule has 0 aromatic heterocycles. The van der Waals surface area contributed by atoms with Crippen LogP contribution in [0.25, 0.3) is 0 Å². The Kier molecular flexibility index (Phi) is 7.49. The van der Waals surface area contributed by atoms with Crippen LogP contribution in [0.1, 0.15) is 20.7 Å². The standard InChI is InChI=1S/C23H21N3O7S/c1-32-21(27)15-11-12-19(22(28)33-2)20(13-15)34(30,31)26-18-10-6-9-17(14-18)25-23(29)24-16-7-4-3-5-8-16/h3-14,26H,1-2H3,(H2,24,25,29). The minimum absolute atomic E-state index is 0.0662. The fourth-order valence-corrected chi connectivity index (χ4v) is 4.22.